The number of amides is 5. The number of nitrogens with zero attached hydrogens (tertiary/aromatic N) is 3. The van der Waals surface area contributed by atoms with Gasteiger partial charge >= 0.3 is 18.0 Å². The van der Waals surface area contributed by atoms with Gasteiger partial charge in [-0.3, -0.25) is 24.1 Å². The summed E-state index contributed by atoms with van der Waals surface area (Å²) < 4.78 is 28.0. The molecule has 0 unspecified atom stereocenters. The molecule has 0 saturated carbocycles. The molecular weight excluding hydrogens is 906 g/mol. The number of hydrogen-bond acceptors (Lipinski definition) is 15. The fourth-order valence-electron chi connectivity index (χ4n) is 7.39. The number of furan rings is 1. The Labute approximate surface area is 384 Å². The van der Waals surface area contributed by atoms with Crippen molar-refractivity contribution in [1.82, 2.24) is 15.4 Å². The molecule has 0 aliphatic carbocycles. The molecule has 18 nitrogen and oxygen atoms in total. The highest BCUT2D eigenvalue weighted by Gasteiger charge is 2.39. The van der Waals surface area contributed by atoms with E-state index in [0.717, 1.165) is 4.90 Å². The first kappa shape index (κ1) is 46.8. The molecule has 342 valence electrons. The summed E-state index contributed by atoms with van der Waals surface area (Å²) in [6.45, 7) is 2.17. The number of halogens is 1. The Bertz CT molecular complexity index is 2670. The molecule has 0 radical (unpaired) electrons. The van der Waals surface area contributed by atoms with Crippen LogP contribution >= 0.6 is 33.2 Å². The van der Waals surface area contributed by atoms with Gasteiger partial charge in [0.15, 0.2) is 11.5 Å². The topological polar surface area (TPSA) is 216 Å². The molecule has 0 spiro atoms. The van der Waals surface area contributed by atoms with Gasteiger partial charge in [-0.25, -0.2) is 14.4 Å². The lowest BCUT2D eigenvalue weighted by atomic mass is 9.95. The van der Waals surface area contributed by atoms with E-state index in [0.29, 0.717) is 61.1 Å². The number of aryl methyl sites for hydroxylation is 1. The summed E-state index contributed by atoms with van der Waals surface area (Å²) in [4.78, 5) is 101. The third kappa shape index (κ3) is 10.2. The van der Waals surface area contributed by atoms with Gasteiger partial charge in [0.1, 0.15) is 11.3 Å². The van der Waals surface area contributed by atoms with Crippen molar-refractivity contribution in [2.45, 2.75) is 43.4 Å². The van der Waals surface area contributed by atoms with Crippen molar-refractivity contribution < 1.29 is 61.8 Å². The first-order valence-electron chi connectivity index (χ1n) is 20.3. The summed E-state index contributed by atoms with van der Waals surface area (Å²) in [5, 5.41) is 4.31. The number of fused-ring (bicyclic) bond motifs is 4. The maximum atomic E-state index is 14.3. The number of aromatic amines is 1. The molecule has 5 amide bonds. The van der Waals surface area contributed by atoms with Gasteiger partial charge in [0.05, 0.1) is 56.3 Å². The molecular formula is C44H44ClN5O13S2. The van der Waals surface area contributed by atoms with Crippen LogP contribution in [0.15, 0.2) is 63.9 Å². The lowest BCUT2D eigenvalue weighted by molar-refractivity contribution is -0.198. The highest BCUT2D eigenvalue weighted by atomic mass is 35.5. The summed E-state index contributed by atoms with van der Waals surface area (Å²) in [6.07, 6.45) is -0.733. The molecule has 21 heteroatoms. The number of hydroxylamine groups is 2. The Kier molecular flexibility index (Phi) is 14.9. The van der Waals surface area contributed by atoms with E-state index >= 15 is 0 Å². The molecule has 7 rings (SSSR count). The van der Waals surface area contributed by atoms with Gasteiger partial charge in [-0.2, -0.15) is 0 Å². The first-order valence-corrected chi connectivity index (χ1v) is 23.2. The normalized spacial score (nSPS) is 14.5. The zero-order valence-corrected chi connectivity index (χ0v) is 38.1. The number of carbonyl (C=O) groups is 7. The second-order valence-corrected chi connectivity index (χ2v) is 17.5. The number of esters is 1. The van der Waals surface area contributed by atoms with Crippen LogP contribution in [0.3, 0.4) is 0 Å². The highest BCUT2D eigenvalue weighted by Crippen LogP contribution is 2.48. The number of para-hydroxylation sites is 1. The number of benzene rings is 3. The van der Waals surface area contributed by atoms with Crippen LogP contribution in [0.2, 0.25) is 0 Å². The molecule has 65 heavy (non-hydrogen) atoms. The predicted molar refractivity (Wildman–Crippen MR) is 242 cm³/mol. The molecule has 2 aromatic heterocycles. The van der Waals surface area contributed by atoms with Crippen LogP contribution in [0.25, 0.3) is 21.9 Å². The number of carbonyl (C=O) groups excluding carboxylic acids is 7. The second-order valence-electron chi connectivity index (χ2n) is 14.8. The van der Waals surface area contributed by atoms with E-state index in [1.54, 1.807) is 63.5 Å². The van der Waals surface area contributed by atoms with E-state index in [-0.39, 0.29) is 80.8 Å². The van der Waals surface area contributed by atoms with Crippen LogP contribution in [-0.4, -0.2) is 111 Å². The number of rotatable bonds is 18. The Morgan fingerprint density at radius 3 is 2.51 bits per heavy atom. The Morgan fingerprint density at radius 2 is 1.77 bits per heavy atom. The lowest BCUT2D eigenvalue weighted by Crippen LogP contribution is -2.32. The summed E-state index contributed by atoms with van der Waals surface area (Å²) in [6, 6.07) is 15.6. The van der Waals surface area contributed by atoms with Crippen molar-refractivity contribution in [3.05, 3.63) is 77.2 Å². The Morgan fingerprint density at radius 1 is 1.00 bits per heavy atom. The number of hydrogen-bond donors (Lipinski definition) is 2. The maximum Gasteiger partial charge on any atom is 0.419 e. The van der Waals surface area contributed by atoms with E-state index in [2.05, 4.69) is 10.3 Å². The van der Waals surface area contributed by atoms with Gasteiger partial charge in [-0.15, -0.1) is 16.7 Å². The minimum atomic E-state index is -0.773. The fraction of sp³-hybridized carbons (Fsp3) is 0.341. The van der Waals surface area contributed by atoms with E-state index in [4.69, 9.17) is 39.8 Å². The third-order valence-electron chi connectivity index (χ3n) is 10.6. The maximum absolute atomic E-state index is 14.3. The number of nitrogens with one attached hydrogen (secondary N) is 2. The van der Waals surface area contributed by atoms with Crippen LogP contribution in [0.5, 0.6) is 11.5 Å². The molecule has 5 aromatic rings. The van der Waals surface area contributed by atoms with E-state index in [9.17, 15) is 33.6 Å². The average Bonchev–Trinajstić information content (AvgIpc) is 4.08. The minimum absolute atomic E-state index is 0.00590. The number of ether oxygens (including phenoxy) is 4. The van der Waals surface area contributed by atoms with Crippen molar-refractivity contribution in [1.29, 1.82) is 0 Å². The van der Waals surface area contributed by atoms with Gasteiger partial charge in [0.25, 0.3) is 17.7 Å². The van der Waals surface area contributed by atoms with Crippen LogP contribution in [0, 0.1) is 6.92 Å². The molecule has 1 atom stereocenters. The van der Waals surface area contributed by atoms with Crippen molar-refractivity contribution in [3.63, 3.8) is 0 Å². The first-order chi connectivity index (χ1) is 31.3. The SMILES string of the molecule is COC(=O)c1c(C)[nH]c2c(OC(=O)N(C)c3ccccc3SSCCC(=O)NCCOCCC(=O)ON3C(=O)CCC3=O)cc3c(c12)[C@H](CCl)CN3C(=O)c1cc2cc(OC)ccc2o1. The quantitative estimate of drug-likeness (QED) is 0.0300. The van der Waals surface area contributed by atoms with Crippen LogP contribution in [-0.2, 0) is 33.5 Å². The van der Waals surface area contributed by atoms with Crippen molar-refractivity contribution in [2.24, 2.45) is 0 Å². The average molecular weight is 950 g/mol. The summed E-state index contributed by atoms with van der Waals surface area (Å²) in [7, 11) is 7.15. The van der Waals surface area contributed by atoms with E-state index in [1.807, 2.05) is 12.1 Å². The van der Waals surface area contributed by atoms with Gasteiger partial charge in [-0.05, 0) is 48.9 Å². The zero-order chi connectivity index (χ0) is 46.4. The standard InChI is InChI=1S/C44H44ClN5O13S2/c1-24-38(43(56)59-4)40-39-26(22-45)23-49(42(55)32-20-25-19-27(58-3)9-10-30(25)61-32)29(39)21-31(41(40)47-24)62-44(57)48(2)28-7-5-6-8-33(28)65-64-18-14-34(51)46-15-17-60-16-13-37(54)63-50-35(52)11-12-36(50)53/h5-10,19-21,26,47H,11-18,22-23H2,1-4H3,(H,46,51)/t26-/m1/s1. The van der Waals surface area contributed by atoms with Crippen molar-refractivity contribution in [2.75, 3.05) is 69.0 Å². The number of imide groups is 1. The van der Waals surface area contributed by atoms with Crippen LogP contribution < -0.4 is 24.6 Å². The predicted octanol–water partition coefficient (Wildman–Crippen LogP) is 6.90. The number of H-pyrrole nitrogens is 1. The van der Waals surface area contributed by atoms with Gasteiger partial charge in [0.2, 0.25) is 5.91 Å². The Hall–Kier alpha value is -6.22. The molecule has 2 aliphatic heterocycles. The van der Waals surface area contributed by atoms with Gasteiger partial charge < -0.3 is 43.4 Å². The van der Waals surface area contributed by atoms with Crippen molar-refractivity contribution >= 4 is 108 Å². The van der Waals surface area contributed by atoms with Crippen LogP contribution in [0.1, 0.15) is 63.8 Å². The number of aromatic nitrogens is 1. The highest BCUT2D eigenvalue weighted by molar-refractivity contribution is 8.76. The second kappa shape index (κ2) is 20.7. The Balaban J connectivity index is 0.994. The molecule has 1 saturated heterocycles. The summed E-state index contributed by atoms with van der Waals surface area (Å²) in [5.74, 6) is -2.34. The monoisotopic (exact) mass is 949 g/mol. The molecule has 0 bridgehead atoms. The molecule has 3 aromatic carbocycles. The molecule has 2 aliphatic rings. The van der Waals surface area contributed by atoms with Gasteiger partial charge in [0, 0.05) is 84.4 Å². The lowest BCUT2D eigenvalue weighted by Gasteiger charge is -2.21. The fourth-order valence-corrected chi connectivity index (χ4v) is 9.85. The molecule has 1 fully saturated rings. The third-order valence-corrected chi connectivity index (χ3v) is 13.4. The zero-order valence-electron chi connectivity index (χ0n) is 35.7. The number of anilines is 2. The van der Waals surface area contributed by atoms with E-state index < -0.39 is 41.7 Å². The van der Waals surface area contributed by atoms with Gasteiger partial charge in [-0.1, -0.05) is 33.7 Å². The summed E-state index contributed by atoms with van der Waals surface area (Å²) in [5.41, 5.74) is 3.05. The smallest absolute Gasteiger partial charge is 0.419 e. The van der Waals surface area contributed by atoms with E-state index in [1.165, 1.54) is 38.5 Å². The molecule has 4 heterocycles. The summed E-state index contributed by atoms with van der Waals surface area (Å²) >= 11 is 6.55. The number of methoxy groups -OCH3 is 2. The van der Waals surface area contributed by atoms with Crippen LogP contribution in [0.4, 0.5) is 16.2 Å². The van der Waals surface area contributed by atoms with Crippen molar-refractivity contribution in [3.8, 4) is 11.5 Å². The number of alkyl halides is 1. The molecule has 2 N–H and O–H groups in total. The largest absolute Gasteiger partial charge is 0.497 e. The minimum Gasteiger partial charge on any atom is -0.497 e.